The van der Waals surface area contributed by atoms with Crippen LogP contribution < -0.4 is 0 Å². The van der Waals surface area contributed by atoms with E-state index in [1.54, 1.807) is 11.2 Å². The number of hydrogen-bond acceptors (Lipinski definition) is 3. The first-order valence-electron chi connectivity index (χ1n) is 11.3. The zero-order chi connectivity index (χ0) is 20.5. The molecule has 9 atom stereocenters. The van der Waals surface area contributed by atoms with Crippen LogP contribution in [0.25, 0.3) is 0 Å². The van der Waals surface area contributed by atoms with Crippen LogP contribution >= 0.6 is 0 Å². The summed E-state index contributed by atoms with van der Waals surface area (Å²) in [6.45, 7) is 4.67. The second-order valence-corrected chi connectivity index (χ2v) is 12.7. The maximum Gasteiger partial charge on any atom is 0.228 e. The first kappa shape index (κ1) is 21.0. The van der Waals surface area contributed by atoms with Crippen LogP contribution in [0.5, 0.6) is 0 Å². The summed E-state index contributed by atoms with van der Waals surface area (Å²) in [6.07, 6.45) is 10.3. The molecular weight excluding hydrogens is 370 g/mol. The van der Waals surface area contributed by atoms with Gasteiger partial charge in [-0.05, 0) is 68.1 Å². The molecule has 5 rings (SSSR count). The van der Waals surface area contributed by atoms with Gasteiger partial charge >= 0.3 is 0 Å². The largest absolute Gasteiger partial charge is 0.617 e. The van der Waals surface area contributed by atoms with E-state index >= 15 is 0 Å². The minimum absolute atomic E-state index is 0.0105. The van der Waals surface area contributed by atoms with Gasteiger partial charge in [0.1, 0.15) is 5.75 Å². The highest BCUT2D eigenvalue weighted by molar-refractivity contribution is 7.90. The van der Waals surface area contributed by atoms with Crippen molar-refractivity contribution in [1.82, 2.24) is 4.90 Å². The lowest BCUT2D eigenvalue weighted by Crippen LogP contribution is -2.67. The van der Waals surface area contributed by atoms with Crippen LogP contribution in [-0.2, 0) is 16.0 Å². The molecule has 0 aliphatic heterocycles. The molecule has 1 spiro atoms. The van der Waals surface area contributed by atoms with Crippen LogP contribution in [0.3, 0.4) is 0 Å². The number of rotatable bonds is 3. The summed E-state index contributed by atoms with van der Waals surface area (Å²) in [6, 6.07) is 0. The van der Waals surface area contributed by atoms with E-state index in [-0.39, 0.29) is 28.3 Å². The van der Waals surface area contributed by atoms with Crippen molar-refractivity contribution in [2.24, 2.45) is 39.9 Å². The van der Waals surface area contributed by atoms with Gasteiger partial charge in [0.25, 0.3) is 0 Å². The smallest absolute Gasteiger partial charge is 0.228 e. The van der Waals surface area contributed by atoms with Gasteiger partial charge in [-0.25, -0.2) is 0 Å². The Morgan fingerprint density at radius 3 is 2.46 bits per heavy atom. The average molecular weight is 410 g/mol. The van der Waals surface area contributed by atoms with E-state index < -0.39 is 11.2 Å². The molecule has 5 aliphatic carbocycles. The lowest BCUT2D eigenvalue weighted by Gasteiger charge is -2.70. The van der Waals surface area contributed by atoms with Gasteiger partial charge in [0.15, 0.2) is 0 Å². The van der Waals surface area contributed by atoms with Crippen LogP contribution in [0.15, 0.2) is 0 Å². The van der Waals surface area contributed by atoms with Crippen molar-refractivity contribution in [3.8, 4) is 0 Å². The second kappa shape index (κ2) is 6.88. The van der Waals surface area contributed by atoms with Gasteiger partial charge < -0.3 is 14.6 Å². The Kier molecular flexibility index (Phi) is 5.16. The standard InChI is InChI=1S/C23H39NO3S/c1-21-9-6-10-22(2,20(26)24(3)4)17(21)8-12-23-11-7-15(13-18(21)23)16(19(23)25)14-28(5)27/h15-19,25H,6-14H2,1-5H3/t15-,16-,17-,18-,19+,21+,22+,23-,28?/m0/s1. The maximum atomic E-state index is 13.2. The fraction of sp³-hybridized carbons (Fsp3) is 0.957. The van der Waals surface area contributed by atoms with Crippen LogP contribution in [-0.4, -0.2) is 52.7 Å². The molecule has 0 heterocycles. The molecule has 0 aromatic rings. The third kappa shape index (κ3) is 2.75. The van der Waals surface area contributed by atoms with Crippen molar-refractivity contribution in [2.75, 3.05) is 26.1 Å². The Balaban J connectivity index is 1.69. The molecule has 5 fully saturated rings. The number of fused-ring (bicyclic) bond motifs is 3. The molecule has 4 nitrogen and oxygen atoms in total. The van der Waals surface area contributed by atoms with Gasteiger partial charge in [-0.1, -0.05) is 31.4 Å². The highest BCUT2D eigenvalue weighted by Gasteiger charge is 2.68. The Hall–Kier alpha value is -0.260. The number of carbonyl (C=O) groups is 1. The molecule has 0 aromatic heterocycles. The highest BCUT2D eigenvalue weighted by atomic mass is 32.2. The summed E-state index contributed by atoms with van der Waals surface area (Å²) in [5.74, 6) is 2.55. The van der Waals surface area contributed by atoms with Crippen molar-refractivity contribution < 1.29 is 14.5 Å². The third-order valence-corrected chi connectivity index (χ3v) is 10.7. The van der Waals surface area contributed by atoms with Gasteiger partial charge in [0.2, 0.25) is 5.91 Å². The normalized spacial score (nSPS) is 51.2. The van der Waals surface area contributed by atoms with E-state index in [0.29, 0.717) is 29.4 Å². The summed E-state index contributed by atoms with van der Waals surface area (Å²) in [5.41, 5.74) is -0.152. The first-order chi connectivity index (χ1) is 13.1. The Bertz CT molecular complexity index is 639. The number of amides is 1. The van der Waals surface area contributed by atoms with Crippen LogP contribution in [0.2, 0.25) is 0 Å². The molecule has 0 aromatic carbocycles. The zero-order valence-corrected chi connectivity index (χ0v) is 19.2. The number of hydrogen-bond donors (Lipinski definition) is 1. The summed E-state index contributed by atoms with van der Waals surface area (Å²) < 4.78 is 12.0. The molecule has 2 bridgehead atoms. The monoisotopic (exact) mass is 409 g/mol. The molecule has 1 N–H and O–H groups in total. The van der Waals surface area contributed by atoms with Crippen LogP contribution in [0.1, 0.15) is 65.2 Å². The Morgan fingerprint density at radius 1 is 1.14 bits per heavy atom. The second-order valence-electron chi connectivity index (χ2n) is 11.2. The van der Waals surface area contributed by atoms with E-state index in [4.69, 9.17) is 0 Å². The topological polar surface area (TPSA) is 63.6 Å². The average Bonchev–Trinajstić information content (AvgIpc) is 2.63. The van der Waals surface area contributed by atoms with Crippen molar-refractivity contribution in [2.45, 2.75) is 71.3 Å². The van der Waals surface area contributed by atoms with E-state index in [2.05, 4.69) is 13.8 Å². The predicted octanol–water partition coefficient (Wildman–Crippen LogP) is 3.45. The van der Waals surface area contributed by atoms with E-state index in [1.165, 1.54) is 12.8 Å². The number of nitrogens with zero attached hydrogens (tertiary/aromatic N) is 1. The van der Waals surface area contributed by atoms with E-state index in [9.17, 15) is 14.5 Å². The molecule has 5 aliphatic rings. The van der Waals surface area contributed by atoms with Crippen molar-refractivity contribution in [3.05, 3.63) is 0 Å². The fourth-order valence-electron chi connectivity index (χ4n) is 8.74. The van der Waals surface area contributed by atoms with Crippen molar-refractivity contribution in [1.29, 1.82) is 0 Å². The van der Waals surface area contributed by atoms with E-state index in [0.717, 1.165) is 38.5 Å². The molecule has 28 heavy (non-hydrogen) atoms. The molecule has 1 unspecified atom stereocenters. The quantitative estimate of drug-likeness (QED) is 0.726. The van der Waals surface area contributed by atoms with Gasteiger partial charge in [0.05, 0.1) is 12.4 Å². The van der Waals surface area contributed by atoms with Crippen molar-refractivity contribution in [3.63, 3.8) is 0 Å². The van der Waals surface area contributed by atoms with Gasteiger partial charge in [0, 0.05) is 30.8 Å². The molecular formula is C23H39NO3S. The van der Waals surface area contributed by atoms with Gasteiger partial charge in [-0.15, -0.1) is 0 Å². The molecule has 5 saturated carbocycles. The minimum Gasteiger partial charge on any atom is -0.617 e. The molecule has 5 heteroatoms. The SMILES string of the molecule is CN(C)C(=O)[C@]1(C)CCC[C@@]2(C)[C@@H]3C[C@@H]4CC[C@@]3(CC[C@@H]21)[C@H](O)[C@H]4C[S+](C)[O-]. The van der Waals surface area contributed by atoms with Gasteiger partial charge in [-0.2, -0.15) is 0 Å². The van der Waals surface area contributed by atoms with Gasteiger partial charge in [-0.3, -0.25) is 4.79 Å². The third-order valence-electron chi connectivity index (χ3n) is 9.81. The Labute approximate surface area is 174 Å². The molecule has 1 amide bonds. The first-order valence-corrected chi connectivity index (χ1v) is 13.0. The number of aliphatic hydroxyl groups excluding tert-OH is 1. The number of carbonyl (C=O) groups excluding carboxylic acids is 1. The lowest BCUT2D eigenvalue weighted by molar-refractivity contribution is -0.240. The van der Waals surface area contributed by atoms with Crippen LogP contribution in [0, 0.1) is 39.9 Å². The summed E-state index contributed by atoms with van der Waals surface area (Å²) >= 11 is -0.854. The van der Waals surface area contributed by atoms with Crippen LogP contribution in [0.4, 0.5) is 0 Å². The molecule has 0 saturated heterocycles. The maximum absolute atomic E-state index is 13.2. The predicted molar refractivity (Wildman–Crippen MR) is 113 cm³/mol. The van der Waals surface area contributed by atoms with Crippen molar-refractivity contribution >= 4 is 17.1 Å². The number of aliphatic hydroxyl groups is 1. The molecule has 0 radical (unpaired) electrons. The summed E-state index contributed by atoms with van der Waals surface area (Å²) in [7, 11) is 3.79. The summed E-state index contributed by atoms with van der Waals surface area (Å²) in [5, 5.41) is 11.5. The van der Waals surface area contributed by atoms with E-state index in [1.807, 2.05) is 14.1 Å². The zero-order valence-electron chi connectivity index (χ0n) is 18.4. The lowest BCUT2D eigenvalue weighted by atomic mass is 9.35. The minimum atomic E-state index is -0.854. The highest BCUT2D eigenvalue weighted by Crippen LogP contribution is 2.72. The summed E-state index contributed by atoms with van der Waals surface area (Å²) in [4.78, 5) is 15.0. The molecule has 160 valence electrons. The fourth-order valence-corrected chi connectivity index (χ4v) is 9.74. The Morgan fingerprint density at radius 2 is 1.82 bits per heavy atom.